The molecule has 0 aliphatic heterocycles. The summed E-state index contributed by atoms with van der Waals surface area (Å²) in [6.45, 7) is 1.86. The fourth-order valence-corrected chi connectivity index (χ4v) is 1.84. The number of methoxy groups -OCH3 is 1. The van der Waals surface area contributed by atoms with Crippen molar-refractivity contribution < 1.29 is 14.6 Å². The first-order valence-electron chi connectivity index (χ1n) is 6.30. The molecule has 0 heterocycles. The zero-order valence-electron chi connectivity index (χ0n) is 11.5. The van der Waals surface area contributed by atoms with Crippen molar-refractivity contribution in [2.45, 2.75) is 13.5 Å². The van der Waals surface area contributed by atoms with Crippen LogP contribution >= 0.6 is 0 Å². The van der Waals surface area contributed by atoms with Crippen molar-refractivity contribution >= 4 is 11.6 Å². The van der Waals surface area contributed by atoms with Gasteiger partial charge in [0.05, 0.1) is 13.7 Å². The molecule has 0 saturated carbocycles. The molecule has 0 unspecified atom stereocenters. The molecule has 104 valence electrons. The zero-order chi connectivity index (χ0) is 14.5. The fraction of sp³-hybridized carbons (Fsp3) is 0.188. The molecule has 4 nitrogen and oxygen atoms in total. The Hall–Kier alpha value is -2.33. The molecule has 0 bridgehead atoms. The monoisotopic (exact) mass is 271 g/mol. The topological polar surface area (TPSA) is 58.6 Å². The van der Waals surface area contributed by atoms with Crippen LogP contribution in [0.2, 0.25) is 0 Å². The van der Waals surface area contributed by atoms with Gasteiger partial charge in [-0.25, -0.2) is 0 Å². The van der Waals surface area contributed by atoms with E-state index in [0.29, 0.717) is 17.0 Å². The number of hydrogen-bond donors (Lipinski definition) is 2. The van der Waals surface area contributed by atoms with Crippen LogP contribution in [-0.4, -0.2) is 18.1 Å². The molecule has 1 amide bonds. The number of hydrogen-bond acceptors (Lipinski definition) is 3. The van der Waals surface area contributed by atoms with Gasteiger partial charge in [0.1, 0.15) is 5.75 Å². The first-order valence-corrected chi connectivity index (χ1v) is 6.30. The van der Waals surface area contributed by atoms with Gasteiger partial charge in [-0.15, -0.1) is 0 Å². The first-order chi connectivity index (χ1) is 9.63. The molecule has 2 rings (SSSR count). The lowest BCUT2D eigenvalue weighted by atomic mass is 10.1. The van der Waals surface area contributed by atoms with Crippen LogP contribution in [0.25, 0.3) is 0 Å². The lowest BCUT2D eigenvalue weighted by Gasteiger charge is -2.10. The van der Waals surface area contributed by atoms with Crippen molar-refractivity contribution in [1.82, 2.24) is 0 Å². The maximum Gasteiger partial charge on any atom is 0.255 e. The summed E-state index contributed by atoms with van der Waals surface area (Å²) in [7, 11) is 1.58. The van der Waals surface area contributed by atoms with Crippen LogP contribution in [-0.2, 0) is 6.61 Å². The van der Waals surface area contributed by atoms with Gasteiger partial charge in [-0.1, -0.05) is 12.1 Å². The number of anilines is 1. The van der Waals surface area contributed by atoms with Gasteiger partial charge in [0.15, 0.2) is 0 Å². The minimum atomic E-state index is -0.189. The van der Waals surface area contributed by atoms with Gasteiger partial charge in [0, 0.05) is 11.3 Å². The molecule has 0 atom stereocenters. The van der Waals surface area contributed by atoms with Crippen LogP contribution in [0.5, 0.6) is 5.75 Å². The molecule has 4 heteroatoms. The van der Waals surface area contributed by atoms with E-state index in [0.717, 1.165) is 11.1 Å². The first kappa shape index (κ1) is 14.1. The average Bonchev–Trinajstić information content (AvgIpc) is 2.49. The molecular formula is C16H17NO3. The van der Waals surface area contributed by atoms with Crippen molar-refractivity contribution in [3.8, 4) is 5.75 Å². The molecule has 0 aromatic heterocycles. The number of amides is 1. The highest BCUT2D eigenvalue weighted by Crippen LogP contribution is 2.19. The summed E-state index contributed by atoms with van der Waals surface area (Å²) in [4.78, 5) is 12.2. The second kappa shape index (κ2) is 6.21. The zero-order valence-corrected chi connectivity index (χ0v) is 11.5. The number of aliphatic hydroxyl groups excluding tert-OH is 1. The van der Waals surface area contributed by atoms with E-state index in [1.54, 1.807) is 37.4 Å². The van der Waals surface area contributed by atoms with Crippen LogP contribution in [0.1, 0.15) is 21.5 Å². The largest absolute Gasteiger partial charge is 0.497 e. The minimum Gasteiger partial charge on any atom is -0.497 e. The highest BCUT2D eigenvalue weighted by molar-refractivity contribution is 6.04. The third kappa shape index (κ3) is 3.16. The molecule has 2 aromatic rings. The Bertz CT molecular complexity index is 606. The van der Waals surface area contributed by atoms with Crippen molar-refractivity contribution in [1.29, 1.82) is 0 Å². The lowest BCUT2D eigenvalue weighted by Crippen LogP contribution is -2.13. The standard InChI is InChI=1S/C16H17NO3/c1-11-3-4-12(10-18)9-15(11)17-16(19)13-5-7-14(20-2)8-6-13/h3-9,18H,10H2,1-2H3,(H,17,19). The normalized spacial score (nSPS) is 10.2. The van der Waals surface area contributed by atoms with E-state index in [2.05, 4.69) is 5.32 Å². The van der Waals surface area contributed by atoms with E-state index in [-0.39, 0.29) is 12.5 Å². The number of benzene rings is 2. The van der Waals surface area contributed by atoms with Crippen LogP contribution < -0.4 is 10.1 Å². The molecule has 0 saturated heterocycles. The second-order valence-corrected chi connectivity index (χ2v) is 4.49. The van der Waals surface area contributed by atoms with Gasteiger partial charge < -0.3 is 15.2 Å². The van der Waals surface area contributed by atoms with Crippen molar-refractivity contribution in [3.63, 3.8) is 0 Å². The Morgan fingerprint density at radius 2 is 1.90 bits per heavy atom. The van der Waals surface area contributed by atoms with Gasteiger partial charge in [-0.05, 0) is 48.4 Å². The lowest BCUT2D eigenvalue weighted by molar-refractivity contribution is 0.102. The highest BCUT2D eigenvalue weighted by Gasteiger charge is 2.08. The summed E-state index contributed by atoms with van der Waals surface area (Å²) in [6, 6.07) is 12.4. The minimum absolute atomic E-state index is 0.0499. The highest BCUT2D eigenvalue weighted by atomic mass is 16.5. The van der Waals surface area contributed by atoms with E-state index in [9.17, 15) is 4.79 Å². The van der Waals surface area contributed by atoms with Gasteiger partial charge in [-0.2, -0.15) is 0 Å². The van der Waals surface area contributed by atoms with E-state index in [1.165, 1.54) is 0 Å². The number of carbonyl (C=O) groups is 1. The van der Waals surface area contributed by atoms with Crippen LogP contribution in [0.4, 0.5) is 5.69 Å². The molecule has 2 aromatic carbocycles. The summed E-state index contributed by atoms with van der Waals surface area (Å²) in [5.74, 6) is 0.519. The molecule has 0 fully saturated rings. The third-order valence-corrected chi connectivity index (χ3v) is 3.08. The second-order valence-electron chi connectivity index (χ2n) is 4.49. The maximum absolute atomic E-state index is 12.2. The van der Waals surface area contributed by atoms with E-state index in [4.69, 9.17) is 9.84 Å². The molecule has 0 spiro atoms. The van der Waals surface area contributed by atoms with Crippen molar-refractivity contribution in [2.75, 3.05) is 12.4 Å². The van der Waals surface area contributed by atoms with Gasteiger partial charge in [0.25, 0.3) is 5.91 Å². The summed E-state index contributed by atoms with van der Waals surface area (Å²) >= 11 is 0. The Kier molecular flexibility index (Phi) is 4.38. The van der Waals surface area contributed by atoms with E-state index < -0.39 is 0 Å². The Morgan fingerprint density at radius 3 is 2.50 bits per heavy atom. The maximum atomic E-state index is 12.2. The molecule has 20 heavy (non-hydrogen) atoms. The SMILES string of the molecule is COc1ccc(C(=O)Nc2cc(CO)ccc2C)cc1. The number of aliphatic hydroxyl groups is 1. The molecule has 0 aliphatic carbocycles. The molecule has 0 aliphatic rings. The van der Waals surface area contributed by atoms with E-state index >= 15 is 0 Å². The number of aryl methyl sites for hydroxylation is 1. The fourth-order valence-electron chi connectivity index (χ4n) is 1.84. The van der Waals surface area contributed by atoms with Crippen molar-refractivity contribution in [3.05, 3.63) is 59.2 Å². The smallest absolute Gasteiger partial charge is 0.255 e. The molecular weight excluding hydrogens is 254 g/mol. The Labute approximate surface area is 118 Å². The predicted octanol–water partition coefficient (Wildman–Crippen LogP) is 2.75. The third-order valence-electron chi connectivity index (χ3n) is 3.08. The van der Waals surface area contributed by atoms with Gasteiger partial charge in [0.2, 0.25) is 0 Å². The predicted molar refractivity (Wildman–Crippen MR) is 78.0 cm³/mol. The number of rotatable bonds is 4. The van der Waals surface area contributed by atoms with Gasteiger partial charge >= 0.3 is 0 Å². The summed E-state index contributed by atoms with van der Waals surface area (Å²) in [5, 5.41) is 12.0. The molecule has 0 radical (unpaired) electrons. The summed E-state index contributed by atoms with van der Waals surface area (Å²) < 4.78 is 5.06. The van der Waals surface area contributed by atoms with Crippen molar-refractivity contribution in [2.24, 2.45) is 0 Å². The molecule has 2 N–H and O–H groups in total. The number of carbonyl (C=O) groups excluding carboxylic acids is 1. The van der Waals surface area contributed by atoms with Crippen LogP contribution in [0.15, 0.2) is 42.5 Å². The summed E-state index contributed by atoms with van der Waals surface area (Å²) in [6.07, 6.45) is 0. The van der Waals surface area contributed by atoms with Crippen LogP contribution in [0, 0.1) is 6.92 Å². The quantitative estimate of drug-likeness (QED) is 0.899. The summed E-state index contributed by atoms with van der Waals surface area (Å²) in [5.41, 5.74) is 2.97. The number of nitrogens with one attached hydrogen (secondary N) is 1. The Balaban J connectivity index is 2.18. The van der Waals surface area contributed by atoms with Gasteiger partial charge in [-0.3, -0.25) is 4.79 Å². The Morgan fingerprint density at radius 1 is 1.20 bits per heavy atom. The van der Waals surface area contributed by atoms with Crippen LogP contribution in [0.3, 0.4) is 0 Å². The average molecular weight is 271 g/mol. The number of ether oxygens (including phenoxy) is 1. The van der Waals surface area contributed by atoms with E-state index in [1.807, 2.05) is 19.1 Å².